The molecule has 0 aromatic heterocycles. The first-order chi connectivity index (χ1) is 8.12. The summed E-state index contributed by atoms with van der Waals surface area (Å²) in [4.78, 5) is 4.43. The summed E-state index contributed by atoms with van der Waals surface area (Å²) in [6.45, 7) is -1.80. The molecule has 0 atom stereocenters. The summed E-state index contributed by atoms with van der Waals surface area (Å²) in [7, 11) is -4.40. The molecule has 1 N–H and O–H groups in total. The Morgan fingerprint density at radius 2 is 1.94 bits per heavy atom. The molecule has 18 heavy (non-hydrogen) atoms. The third-order valence-electron chi connectivity index (χ3n) is 1.59. The Morgan fingerprint density at radius 3 is 2.44 bits per heavy atom. The van der Waals surface area contributed by atoms with Crippen molar-refractivity contribution in [1.29, 1.82) is 0 Å². The van der Waals surface area contributed by atoms with E-state index in [1.807, 2.05) is 0 Å². The fraction of sp³-hybridized carbons (Fsp3) is 0.250. The van der Waals surface area contributed by atoms with Crippen LogP contribution in [0, 0.1) is 5.82 Å². The highest BCUT2D eigenvalue weighted by Crippen LogP contribution is 2.22. The van der Waals surface area contributed by atoms with Crippen molar-refractivity contribution in [3.63, 3.8) is 0 Å². The smallest absolute Gasteiger partial charge is 0.277 e. The second-order valence-corrected chi connectivity index (χ2v) is 5.09. The van der Waals surface area contributed by atoms with Crippen LogP contribution in [0.5, 0.6) is 0 Å². The zero-order valence-corrected chi connectivity index (χ0v) is 10.0. The Balaban J connectivity index is 2.81. The van der Waals surface area contributed by atoms with Crippen LogP contribution in [0.2, 0.25) is 5.02 Å². The minimum Gasteiger partial charge on any atom is -0.277 e. The third-order valence-corrected chi connectivity index (χ3v) is 3.28. The molecule has 0 bridgehead atoms. The minimum atomic E-state index is -4.69. The van der Waals surface area contributed by atoms with E-state index in [2.05, 4.69) is 4.84 Å². The maximum Gasteiger partial charge on any atom is 0.413 e. The lowest BCUT2D eigenvalue weighted by Gasteiger charge is -2.10. The Kier molecular flexibility index (Phi) is 4.54. The molecule has 0 aliphatic carbocycles. The van der Waals surface area contributed by atoms with Gasteiger partial charge in [0, 0.05) is 0 Å². The normalized spacial score (nSPS) is 12.7. The first-order valence-electron chi connectivity index (χ1n) is 4.27. The molecular weight excluding hydrogens is 302 g/mol. The molecule has 0 aliphatic heterocycles. The van der Waals surface area contributed by atoms with Crippen molar-refractivity contribution >= 4 is 21.6 Å². The number of rotatable bonds is 4. The van der Waals surface area contributed by atoms with Gasteiger partial charge in [-0.05, 0) is 18.2 Å². The topological polar surface area (TPSA) is 55.4 Å². The van der Waals surface area contributed by atoms with E-state index in [0.717, 1.165) is 12.1 Å². The van der Waals surface area contributed by atoms with E-state index in [-0.39, 0.29) is 0 Å². The van der Waals surface area contributed by atoms with Gasteiger partial charge in [0.05, 0.1) is 5.02 Å². The molecule has 102 valence electrons. The van der Waals surface area contributed by atoms with Crippen molar-refractivity contribution < 1.29 is 30.8 Å². The molecule has 1 aromatic carbocycles. The number of benzene rings is 1. The van der Waals surface area contributed by atoms with Crippen molar-refractivity contribution in [2.24, 2.45) is 0 Å². The predicted octanol–water partition coefficient (Wildman–Crippen LogP) is 2.25. The Hall–Kier alpha value is -0.900. The second kappa shape index (κ2) is 5.39. The lowest BCUT2D eigenvalue weighted by molar-refractivity contribution is -0.181. The van der Waals surface area contributed by atoms with Crippen LogP contribution in [0.3, 0.4) is 0 Å². The van der Waals surface area contributed by atoms with E-state index in [1.165, 1.54) is 4.89 Å². The lowest BCUT2D eigenvalue weighted by Crippen LogP contribution is -2.29. The molecule has 10 heteroatoms. The molecule has 0 heterocycles. The highest BCUT2D eigenvalue weighted by Gasteiger charge is 2.29. The van der Waals surface area contributed by atoms with Crippen LogP contribution in [0.4, 0.5) is 17.6 Å². The third kappa shape index (κ3) is 4.41. The van der Waals surface area contributed by atoms with E-state index in [0.29, 0.717) is 6.07 Å². The molecule has 0 saturated heterocycles. The Morgan fingerprint density at radius 1 is 1.33 bits per heavy atom. The largest absolute Gasteiger partial charge is 0.413 e. The van der Waals surface area contributed by atoms with Crippen LogP contribution in [-0.4, -0.2) is 21.2 Å². The fourth-order valence-corrected chi connectivity index (χ4v) is 2.27. The standard InChI is InChI=1S/C8H6ClF4NO3S/c9-6-3-5(10)1-2-7(6)18(15,16)14-17-4-8(11,12)13/h1-3,14H,4H2. The fourth-order valence-electron chi connectivity index (χ4n) is 0.927. The summed E-state index contributed by atoms with van der Waals surface area (Å²) in [6, 6.07) is 2.31. The van der Waals surface area contributed by atoms with Crippen LogP contribution >= 0.6 is 11.6 Å². The maximum absolute atomic E-state index is 12.7. The van der Waals surface area contributed by atoms with Gasteiger partial charge in [0.2, 0.25) is 0 Å². The molecule has 0 spiro atoms. The van der Waals surface area contributed by atoms with E-state index in [1.54, 1.807) is 0 Å². The van der Waals surface area contributed by atoms with E-state index in [9.17, 15) is 26.0 Å². The van der Waals surface area contributed by atoms with E-state index in [4.69, 9.17) is 11.6 Å². The van der Waals surface area contributed by atoms with Gasteiger partial charge in [-0.1, -0.05) is 16.5 Å². The average Bonchev–Trinajstić information content (AvgIpc) is 2.13. The number of sulfonamides is 1. The van der Waals surface area contributed by atoms with Crippen molar-refractivity contribution in [1.82, 2.24) is 4.89 Å². The Bertz CT molecular complexity index is 532. The molecule has 0 fully saturated rings. The van der Waals surface area contributed by atoms with Gasteiger partial charge >= 0.3 is 6.18 Å². The van der Waals surface area contributed by atoms with E-state index >= 15 is 0 Å². The summed E-state index contributed by atoms with van der Waals surface area (Å²) < 4.78 is 70.7. The summed E-state index contributed by atoms with van der Waals surface area (Å²) in [5.41, 5.74) is 0. The van der Waals surface area contributed by atoms with Crippen LogP contribution in [0.1, 0.15) is 0 Å². The van der Waals surface area contributed by atoms with Gasteiger partial charge in [0.15, 0.2) is 6.61 Å². The lowest BCUT2D eigenvalue weighted by atomic mass is 10.3. The molecular formula is C8H6ClF4NO3S. The van der Waals surface area contributed by atoms with Crippen LogP contribution in [0.15, 0.2) is 23.1 Å². The Labute approximate surface area is 105 Å². The molecule has 0 unspecified atom stereocenters. The maximum atomic E-state index is 12.7. The van der Waals surface area contributed by atoms with Crippen LogP contribution in [-0.2, 0) is 14.9 Å². The number of hydrogen-bond donors (Lipinski definition) is 1. The first-order valence-corrected chi connectivity index (χ1v) is 6.13. The minimum absolute atomic E-state index is 0.474. The number of halogens is 5. The summed E-state index contributed by atoms with van der Waals surface area (Å²) in [6.07, 6.45) is -4.69. The average molecular weight is 308 g/mol. The highest BCUT2D eigenvalue weighted by molar-refractivity contribution is 7.89. The van der Waals surface area contributed by atoms with Gasteiger partial charge in [-0.25, -0.2) is 12.8 Å². The van der Waals surface area contributed by atoms with Gasteiger partial charge < -0.3 is 0 Å². The number of hydrogen-bond acceptors (Lipinski definition) is 3. The SMILES string of the molecule is O=S(=O)(NOCC(F)(F)F)c1ccc(F)cc1Cl. The van der Waals surface area contributed by atoms with Crippen molar-refractivity contribution in [3.05, 3.63) is 29.0 Å². The highest BCUT2D eigenvalue weighted by atomic mass is 35.5. The monoisotopic (exact) mass is 307 g/mol. The molecule has 0 saturated carbocycles. The quantitative estimate of drug-likeness (QED) is 0.685. The van der Waals surface area contributed by atoms with Crippen molar-refractivity contribution in [2.45, 2.75) is 11.1 Å². The predicted molar refractivity (Wildman–Crippen MR) is 53.7 cm³/mol. The van der Waals surface area contributed by atoms with Crippen LogP contribution < -0.4 is 4.89 Å². The van der Waals surface area contributed by atoms with Crippen molar-refractivity contribution in [3.8, 4) is 0 Å². The van der Waals surface area contributed by atoms with Gasteiger partial charge in [0.25, 0.3) is 10.0 Å². The first kappa shape index (κ1) is 15.2. The molecule has 1 aromatic rings. The van der Waals surface area contributed by atoms with Gasteiger partial charge in [0.1, 0.15) is 10.7 Å². The van der Waals surface area contributed by atoms with E-state index < -0.39 is 38.5 Å². The molecule has 0 aliphatic rings. The summed E-state index contributed by atoms with van der Waals surface area (Å²) in [5.74, 6) is -0.782. The molecule has 4 nitrogen and oxygen atoms in total. The zero-order chi connectivity index (χ0) is 14.0. The zero-order valence-electron chi connectivity index (χ0n) is 8.46. The molecule has 0 radical (unpaired) electrons. The molecule has 1 rings (SSSR count). The second-order valence-electron chi connectivity index (χ2n) is 3.07. The summed E-state index contributed by atoms with van der Waals surface area (Å²) in [5, 5.41) is -0.474. The number of alkyl halides is 3. The number of nitrogens with one attached hydrogen (secondary N) is 1. The summed E-state index contributed by atoms with van der Waals surface area (Å²) >= 11 is 5.45. The van der Waals surface area contributed by atoms with Crippen molar-refractivity contribution in [2.75, 3.05) is 6.61 Å². The van der Waals surface area contributed by atoms with Gasteiger partial charge in [-0.15, -0.1) is 0 Å². The van der Waals surface area contributed by atoms with Crippen LogP contribution in [0.25, 0.3) is 0 Å². The van der Waals surface area contributed by atoms with Gasteiger partial charge in [-0.3, -0.25) is 4.84 Å². The molecule has 0 amide bonds. The van der Waals surface area contributed by atoms with Gasteiger partial charge in [-0.2, -0.15) is 13.2 Å².